The van der Waals surface area contributed by atoms with Crippen LogP contribution in [-0.4, -0.2) is 31.0 Å². The van der Waals surface area contributed by atoms with Crippen LogP contribution in [0.15, 0.2) is 93.3 Å². The number of halogens is 3. The Bertz CT molecular complexity index is 1250. The van der Waals surface area contributed by atoms with E-state index >= 15 is 0 Å². The molecule has 1 aliphatic rings. The van der Waals surface area contributed by atoms with Gasteiger partial charge >= 0.3 is 0 Å². The summed E-state index contributed by atoms with van der Waals surface area (Å²) in [6.45, 7) is 0.309. The number of hydrogen-bond donors (Lipinski definition) is 0. The summed E-state index contributed by atoms with van der Waals surface area (Å²) in [7, 11) is -4.12. The molecule has 1 aliphatic heterocycles. The fraction of sp³-hybridized carbons (Fsp3) is 0.0909. The first-order valence-corrected chi connectivity index (χ1v) is 11.5. The van der Waals surface area contributed by atoms with Gasteiger partial charge in [-0.3, -0.25) is 0 Å². The average Bonchev–Trinajstić information content (AvgIpc) is 3.21. The summed E-state index contributed by atoms with van der Waals surface area (Å²) < 4.78 is 42.0. The van der Waals surface area contributed by atoms with Gasteiger partial charge in [-0.05, 0) is 59.1 Å². The third-order valence-corrected chi connectivity index (χ3v) is 6.69. The van der Waals surface area contributed by atoms with Crippen LogP contribution in [0.5, 0.6) is 0 Å². The van der Waals surface area contributed by atoms with Crippen molar-refractivity contribution in [2.24, 2.45) is 9.50 Å². The second-order valence-corrected chi connectivity index (χ2v) is 9.21. The van der Waals surface area contributed by atoms with E-state index in [4.69, 9.17) is 23.2 Å². The van der Waals surface area contributed by atoms with E-state index in [0.29, 0.717) is 11.6 Å². The van der Waals surface area contributed by atoms with Gasteiger partial charge in [0.05, 0.1) is 17.2 Å². The van der Waals surface area contributed by atoms with E-state index in [9.17, 15) is 12.8 Å². The highest BCUT2D eigenvalue weighted by Crippen LogP contribution is 2.30. The molecule has 1 unspecified atom stereocenters. The molecule has 9 heteroatoms. The fourth-order valence-corrected chi connectivity index (χ4v) is 4.63. The predicted octanol–water partition coefficient (Wildman–Crippen LogP) is 5.27. The van der Waals surface area contributed by atoms with Gasteiger partial charge < -0.3 is 0 Å². The van der Waals surface area contributed by atoms with Gasteiger partial charge in [-0.1, -0.05) is 54.1 Å². The highest BCUT2D eigenvalue weighted by molar-refractivity contribution is 7.90. The number of rotatable bonds is 4. The van der Waals surface area contributed by atoms with E-state index in [1.807, 2.05) is 42.5 Å². The molecule has 0 fully saturated rings. The summed E-state index contributed by atoms with van der Waals surface area (Å²) in [5.41, 5.74) is 2.56. The van der Waals surface area contributed by atoms with Crippen molar-refractivity contribution in [3.05, 3.63) is 101 Å². The number of sulfonamides is 1. The van der Waals surface area contributed by atoms with Crippen LogP contribution in [0.25, 0.3) is 0 Å². The predicted molar refractivity (Wildman–Crippen MR) is 121 cm³/mol. The van der Waals surface area contributed by atoms with Crippen molar-refractivity contribution in [2.75, 3.05) is 6.54 Å². The van der Waals surface area contributed by atoms with Gasteiger partial charge in [0.1, 0.15) is 5.82 Å². The maximum absolute atomic E-state index is 13.1. The molecule has 0 saturated carbocycles. The summed E-state index contributed by atoms with van der Waals surface area (Å²) in [6, 6.07) is 21.3. The van der Waals surface area contributed by atoms with E-state index < -0.39 is 15.8 Å². The van der Waals surface area contributed by atoms with Crippen LogP contribution in [0, 0.1) is 5.82 Å². The monoisotopic (exact) mass is 475 g/mol. The number of amidine groups is 1. The SMILES string of the molecule is O=S(=O)(/N=C(/Cl)N1CC(c2ccccc2)C(c2ccc(Cl)cc2)=N1)c1ccc(F)cc1. The normalized spacial score (nSPS) is 17.0. The highest BCUT2D eigenvalue weighted by Gasteiger charge is 2.31. The third-order valence-electron chi connectivity index (χ3n) is 4.78. The van der Waals surface area contributed by atoms with Crippen LogP contribution < -0.4 is 0 Å². The molecule has 0 amide bonds. The Balaban J connectivity index is 1.70. The molecule has 0 aromatic heterocycles. The van der Waals surface area contributed by atoms with E-state index in [-0.39, 0.29) is 16.1 Å². The lowest BCUT2D eigenvalue weighted by atomic mass is 9.91. The molecule has 1 atom stereocenters. The lowest BCUT2D eigenvalue weighted by Gasteiger charge is -2.15. The topological polar surface area (TPSA) is 62.1 Å². The lowest BCUT2D eigenvalue weighted by molar-refractivity contribution is 0.483. The largest absolute Gasteiger partial charge is 0.285 e. The molecule has 0 aliphatic carbocycles. The van der Waals surface area contributed by atoms with Crippen molar-refractivity contribution in [1.82, 2.24) is 5.01 Å². The van der Waals surface area contributed by atoms with E-state index in [2.05, 4.69) is 9.50 Å². The first-order chi connectivity index (χ1) is 14.8. The van der Waals surface area contributed by atoms with Gasteiger partial charge in [0, 0.05) is 10.9 Å². The van der Waals surface area contributed by atoms with Gasteiger partial charge in [0.15, 0.2) is 0 Å². The molecule has 3 aromatic carbocycles. The summed E-state index contributed by atoms with van der Waals surface area (Å²) in [4.78, 5) is -0.159. The molecule has 31 heavy (non-hydrogen) atoms. The van der Waals surface area contributed by atoms with Crippen molar-refractivity contribution < 1.29 is 12.8 Å². The zero-order valence-corrected chi connectivity index (χ0v) is 18.3. The van der Waals surface area contributed by atoms with Crippen molar-refractivity contribution >= 4 is 44.2 Å². The number of hydrogen-bond acceptors (Lipinski definition) is 3. The minimum absolute atomic E-state index is 0.153. The Kier molecular flexibility index (Phi) is 6.09. The fourth-order valence-electron chi connectivity index (χ4n) is 3.25. The number of nitrogens with zero attached hydrogens (tertiary/aromatic N) is 3. The van der Waals surface area contributed by atoms with Crippen LogP contribution >= 0.6 is 23.2 Å². The van der Waals surface area contributed by atoms with Crippen molar-refractivity contribution in [3.63, 3.8) is 0 Å². The van der Waals surface area contributed by atoms with Gasteiger partial charge in [-0.15, -0.1) is 4.40 Å². The Morgan fingerprint density at radius 3 is 2.29 bits per heavy atom. The van der Waals surface area contributed by atoms with E-state index in [1.54, 1.807) is 12.1 Å². The smallest absolute Gasteiger partial charge is 0.236 e. The quantitative estimate of drug-likeness (QED) is 0.293. The number of hydrazone groups is 1. The molecule has 4 rings (SSSR count). The molecule has 0 radical (unpaired) electrons. The van der Waals surface area contributed by atoms with Crippen molar-refractivity contribution in [1.29, 1.82) is 0 Å². The summed E-state index contributed by atoms with van der Waals surface area (Å²) in [5.74, 6) is -0.698. The molecule has 5 nitrogen and oxygen atoms in total. The second kappa shape index (κ2) is 8.78. The Hall–Kier alpha value is -2.74. The van der Waals surface area contributed by atoms with Gasteiger partial charge in [0.2, 0.25) is 5.29 Å². The maximum atomic E-state index is 13.1. The minimum Gasteiger partial charge on any atom is -0.236 e. The maximum Gasteiger partial charge on any atom is 0.285 e. The van der Waals surface area contributed by atoms with Crippen LogP contribution in [-0.2, 0) is 10.0 Å². The van der Waals surface area contributed by atoms with E-state index in [1.165, 1.54) is 5.01 Å². The van der Waals surface area contributed by atoms with Crippen LogP contribution in [0.4, 0.5) is 4.39 Å². The standard InChI is InChI=1S/C22H16Cl2FN3O2S/c23-17-8-6-16(7-9-17)21-20(15-4-2-1-3-5-15)14-28(26-21)22(24)27-31(29,30)19-12-10-18(25)11-13-19/h1-13,20H,14H2/b27-22-. The average molecular weight is 476 g/mol. The third kappa shape index (κ3) is 4.79. The zero-order chi connectivity index (χ0) is 22.0. The first kappa shape index (κ1) is 21.5. The van der Waals surface area contributed by atoms with Crippen molar-refractivity contribution in [2.45, 2.75) is 10.8 Å². The highest BCUT2D eigenvalue weighted by atomic mass is 35.5. The molecule has 3 aromatic rings. The van der Waals surface area contributed by atoms with E-state index in [0.717, 1.165) is 41.1 Å². The summed E-state index contributed by atoms with van der Waals surface area (Å²) >= 11 is 12.3. The molecule has 0 saturated heterocycles. The zero-order valence-electron chi connectivity index (χ0n) is 16.0. The van der Waals surface area contributed by atoms with Crippen LogP contribution in [0.1, 0.15) is 17.0 Å². The van der Waals surface area contributed by atoms with Crippen molar-refractivity contribution in [3.8, 4) is 0 Å². The Morgan fingerprint density at radius 2 is 1.65 bits per heavy atom. The Morgan fingerprint density at radius 1 is 1.00 bits per heavy atom. The molecule has 0 bridgehead atoms. The molecule has 158 valence electrons. The number of benzene rings is 3. The molecule has 0 N–H and O–H groups in total. The summed E-state index contributed by atoms with van der Waals surface area (Å²) in [6.07, 6.45) is 0. The van der Waals surface area contributed by atoms with Gasteiger partial charge in [-0.25, -0.2) is 9.40 Å². The van der Waals surface area contributed by atoms with Crippen LogP contribution in [0.2, 0.25) is 5.02 Å². The van der Waals surface area contributed by atoms with Gasteiger partial charge in [-0.2, -0.15) is 13.5 Å². The molecule has 1 heterocycles. The van der Waals surface area contributed by atoms with Crippen LogP contribution in [0.3, 0.4) is 0 Å². The first-order valence-electron chi connectivity index (χ1n) is 9.26. The molecule has 0 spiro atoms. The summed E-state index contributed by atoms with van der Waals surface area (Å²) in [5, 5.41) is 6.21. The molecular formula is C22H16Cl2FN3O2S. The molecular weight excluding hydrogens is 460 g/mol. The Labute approximate surface area is 189 Å². The van der Waals surface area contributed by atoms with Gasteiger partial charge in [0.25, 0.3) is 10.0 Å². The lowest BCUT2D eigenvalue weighted by Crippen LogP contribution is -2.23. The second-order valence-electron chi connectivity index (χ2n) is 6.83. The minimum atomic E-state index is -4.12.